The number of carbonyl (C=O) groups is 1. The van der Waals surface area contributed by atoms with Gasteiger partial charge in [0.15, 0.2) is 0 Å². The minimum absolute atomic E-state index is 0.0975. The van der Waals surface area contributed by atoms with Gasteiger partial charge in [0.2, 0.25) is 6.41 Å². The Labute approximate surface area is 98.6 Å². The van der Waals surface area contributed by atoms with Crippen LogP contribution >= 0.6 is 0 Å². The van der Waals surface area contributed by atoms with Crippen molar-refractivity contribution < 1.29 is 9.72 Å². The second-order valence-corrected chi connectivity index (χ2v) is 3.91. The van der Waals surface area contributed by atoms with E-state index in [-0.39, 0.29) is 5.69 Å². The third kappa shape index (κ3) is 2.52. The molecule has 1 aliphatic rings. The van der Waals surface area contributed by atoms with Gasteiger partial charge in [-0.1, -0.05) is 6.07 Å². The van der Waals surface area contributed by atoms with Crippen LogP contribution < -0.4 is 4.90 Å². The van der Waals surface area contributed by atoms with Crippen LogP contribution in [0.4, 0.5) is 11.4 Å². The summed E-state index contributed by atoms with van der Waals surface area (Å²) in [4.78, 5) is 24.6. The molecule has 1 aromatic carbocycles. The van der Waals surface area contributed by atoms with Crippen molar-refractivity contribution >= 4 is 17.8 Å². The predicted octanol–water partition coefficient (Wildman–Crippen LogP) is 0.873. The number of nitrogens with zero attached hydrogens (tertiary/aromatic N) is 3. The van der Waals surface area contributed by atoms with Crippen LogP contribution in [0, 0.1) is 10.1 Å². The third-order valence-corrected chi connectivity index (χ3v) is 2.87. The number of amides is 1. The van der Waals surface area contributed by atoms with Crippen molar-refractivity contribution in [3.8, 4) is 0 Å². The highest BCUT2D eigenvalue weighted by atomic mass is 16.6. The van der Waals surface area contributed by atoms with Crippen LogP contribution in [0.5, 0.6) is 0 Å². The fourth-order valence-electron chi connectivity index (χ4n) is 1.89. The first-order valence-electron chi connectivity index (χ1n) is 5.39. The number of hydrogen-bond acceptors (Lipinski definition) is 4. The SMILES string of the molecule is O=CN1CCN(c2cccc([N+](=O)[O-])c2)CC1. The molecule has 6 heteroatoms. The van der Waals surface area contributed by atoms with Crippen LogP contribution in [0.1, 0.15) is 0 Å². The van der Waals surface area contributed by atoms with E-state index in [1.54, 1.807) is 17.0 Å². The molecule has 0 spiro atoms. The van der Waals surface area contributed by atoms with Crippen LogP contribution in [0.15, 0.2) is 24.3 Å². The molecule has 1 amide bonds. The number of hydrogen-bond donors (Lipinski definition) is 0. The standard InChI is InChI=1S/C11H13N3O3/c15-9-12-4-6-13(7-5-12)10-2-1-3-11(8-10)14(16)17/h1-3,8-9H,4-7H2. The van der Waals surface area contributed by atoms with Gasteiger partial charge >= 0.3 is 0 Å². The van der Waals surface area contributed by atoms with Crippen molar-refractivity contribution in [3.63, 3.8) is 0 Å². The molecule has 90 valence electrons. The van der Waals surface area contributed by atoms with Crippen LogP contribution in [-0.2, 0) is 4.79 Å². The maximum atomic E-state index is 10.7. The number of benzene rings is 1. The molecule has 1 aliphatic heterocycles. The summed E-state index contributed by atoms with van der Waals surface area (Å²) in [7, 11) is 0. The van der Waals surface area contributed by atoms with Gasteiger partial charge in [0, 0.05) is 44.0 Å². The van der Waals surface area contributed by atoms with Crippen molar-refractivity contribution in [2.45, 2.75) is 0 Å². The van der Waals surface area contributed by atoms with Crippen molar-refractivity contribution in [2.75, 3.05) is 31.1 Å². The van der Waals surface area contributed by atoms with Gasteiger partial charge in [-0.3, -0.25) is 14.9 Å². The first kappa shape index (κ1) is 11.4. The number of anilines is 1. The summed E-state index contributed by atoms with van der Waals surface area (Å²) in [6.45, 7) is 2.73. The summed E-state index contributed by atoms with van der Waals surface area (Å²) >= 11 is 0. The van der Waals surface area contributed by atoms with E-state index in [0.29, 0.717) is 26.2 Å². The quantitative estimate of drug-likeness (QED) is 0.443. The van der Waals surface area contributed by atoms with Gasteiger partial charge in [-0.05, 0) is 6.07 Å². The van der Waals surface area contributed by atoms with Gasteiger partial charge in [0.1, 0.15) is 0 Å². The molecule has 1 fully saturated rings. The van der Waals surface area contributed by atoms with Gasteiger partial charge < -0.3 is 9.80 Å². The second-order valence-electron chi connectivity index (χ2n) is 3.91. The monoisotopic (exact) mass is 235 g/mol. The maximum absolute atomic E-state index is 10.7. The van der Waals surface area contributed by atoms with E-state index in [9.17, 15) is 14.9 Å². The zero-order valence-corrected chi connectivity index (χ0v) is 9.28. The summed E-state index contributed by atoms with van der Waals surface area (Å²) < 4.78 is 0. The molecule has 0 radical (unpaired) electrons. The lowest BCUT2D eigenvalue weighted by Gasteiger charge is -2.33. The van der Waals surface area contributed by atoms with Gasteiger partial charge in [0.05, 0.1) is 4.92 Å². The zero-order chi connectivity index (χ0) is 12.3. The lowest BCUT2D eigenvalue weighted by molar-refractivity contribution is -0.384. The Morgan fingerprint density at radius 2 is 1.94 bits per heavy atom. The largest absolute Gasteiger partial charge is 0.368 e. The number of piperazine rings is 1. The summed E-state index contributed by atoms with van der Waals surface area (Å²) in [6.07, 6.45) is 0.838. The maximum Gasteiger partial charge on any atom is 0.271 e. The van der Waals surface area contributed by atoms with Crippen LogP contribution in [-0.4, -0.2) is 42.4 Å². The average molecular weight is 235 g/mol. The van der Waals surface area contributed by atoms with E-state index < -0.39 is 4.92 Å². The van der Waals surface area contributed by atoms with Gasteiger partial charge in [0.25, 0.3) is 5.69 Å². The number of nitro groups is 1. The fraction of sp³-hybridized carbons (Fsp3) is 0.364. The molecule has 1 saturated heterocycles. The summed E-state index contributed by atoms with van der Waals surface area (Å²) in [6, 6.07) is 6.57. The highest BCUT2D eigenvalue weighted by Gasteiger charge is 2.17. The first-order valence-corrected chi connectivity index (χ1v) is 5.39. The van der Waals surface area contributed by atoms with E-state index in [1.807, 2.05) is 11.0 Å². The molecule has 17 heavy (non-hydrogen) atoms. The highest BCUT2D eigenvalue weighted by molar-refractivity contribution is 5.54. The third-order valence-electron chi connectivity index (χ3n) is 2.87. The van der Waals surface area contributed by atoms with E-state index in [0.717, 1.165) is 12.1 Å². The van der Waals surface area contributed by atoms with E-state index >= 15 is 0 Å². The van der Waals surface area contributed by atoms with E-state index in [1.165, 1.54) is 6.07 Å². The van der Waals surface area contributed by atoms with Crippen molar-refractivity contribution in [3.05, 3.63) is 34.4 Å². The number of carbonyl (C=O) groups excluding carboxylic acids is 1. The molecule has 6 nitrogen and oxygen atoms in total. The Morgan fingerprint density at radius 1 is 1.24 bits per heavy atom. The molecule has 0 atom stereocenters. The Balaban J connectivity index is 2.10. The average Bonchev–Trinajstić information content (AvgIpc) is 2.39. The zero-order valence-electron chi connectivity index (χ0n) is 9.28. The molecule has 0 unspecified atom stereocenters. The number of rotatable bonds is 3. The summed E-state index contributed by atoms with van der Waals surface area (Å²) in [5.74, 6) is 0. The lowest BCUT2D eigenvalue weighted by Crippen LogP contribution is -2.45. The molecule has 0 bridgehead atoms. The normalized spacial score (nSPS) is 15.8. The highest BCUT2D eigenvalue weighted by Crippen LogP contribution is 2.21. The minimum Gasteiger partial charge on any atom is -0.368 e. The van der Waals surface area contributed by atoms with Crippen molar-refractivity contribution in [1.29, 1.82) is 0 Å². The molecule has 0 aliphatic carbocycles. The van der Waals surface area contributed by atoms with Gasteiger partial charge in [-0.25, -0.2) is 0 Å². The Kier molecular flexibility index (Phi) is 3.22. The number of nitro benzene ring substituents is 1. The molecule has 2 rings (SSSR count). The molecule has 0 saturated carbocycles. The second kappa shape index (κ2) is 4.82. The van der Waals surface area contributed by atoms with Crippen LogP contribution in [0.25, 0.3) is 0 Å². The predicted molar refractivity (Wildman–Crippen MR) is 62.9 cm³/mol. The summed E-state index contributed by atoms with van der Waals surface area (Å²) in [5, 5.41) is 10.7. The van der Waals surface area contributed by atoms with Gasteiger partial charge in [-0.15, -0.1) is 0 Å². The molecular weight excluding hydrogens is 222 g/mol. The van der Waals surface area contributed by atoms with E-state index in [2.05, 4.69) is 0 Å². The van der Waals surface area contributed by atoms with Crippen molar-refractivity contribution in [2.24, 2.45) is 0 Å². The Bertz CT molecular complexity index is 428. The number of non-ortho nitro benzene ring substituents is 1. The van der Waals surface area contributed by atoms with Gasteiger partial charge in [-0.2, -0.15) is 0 Å². The molecular formula is C11H13N3O3. The smallest absolute Gasteiger partial charge is 0.271 e. The minimum atomic E-state index is -0.398. The molecule has 0 aromatic heterocycles. The fourth-order valence-corrected chi connectivity index (χ4v) is 1.89. The molecule has 1 heterocycles. The van der Waals surface area contributed by atoms with Crippen molar-refractivity contribution in [1.82, 2.24) is 4.90 Å². The Hall–Kier alpha value is -2.11. The summed E-state index contributed by atoms with van der Waals surface area (Å²) in [5.41, 5.74) is 0.935. The molecule has 0 N–H and O–H groups in total. The molecule has 1 aromatic rings. The Morgan fingerprint density at radius 3 is 2.53 bits per heavy atom. The first-order chi connectivity index (χ1) is 8.20. The van der Waals surface area contributed by atoms with E-state index in [4.69, 9.17) is 0 Å². The lowest BCUT2D eigenvalue weighted by atomic mass is 10.2. The van der Waals surface area contributed by atoms with Crippen LogP contribution in [0.3, 0.4) is 0 Å². The van der Waals surface area contributed by atoms with Crippen LogP contribution in [0.2, 0.25) is 0 Å². The topological polar surface area (TPSA) is 66.7 Å².